The highest BCUT2D eigenvalue weighted by molar-refractivity contribution is 6.54. The molecular weight excluding hydrogens is 281 g/mol. The molecule has 4 heteroatoms. The minimum atomic E-state index is -1.07. The Labute approximate surface area is 122 Å². The van der Waals surface area contributed by atoms with Gasteiger partial charge >= 0.3 is 0 Å². The summed E-state index contributed by atoms with van der Waals surface area (Å²) in [5, 5.41) is 2.66. The number of carbonyl (C=O) groups excluding carboxylic acids is 1. The SMILES string of the molecule is Cc1cccc(-c2cccc(NC(=O)C(Cl)Cl)c2)c1. The minimum absolute atomic E-state index is 0.426. The number of aryl methyl sites for hydroxylation is 1. The predicted octanol–water partition coefficient (Wildman–Crippen LogP) is 4.40. The van der Waals surface area contributed by atoms with Crippen LogP contribution in [0.2, 0.25) is 0 Å². The topological polar surface area (TPSA) is 29.1 Å². The number of hydrogen-bond acceptors (Lipinski definition) is 1. The first-order chi connectivity index (χ1) is 9.06. The zero-order chi connectivity index (χ0) is 13.8. The van der Waals surface area contributed by atoms with Gasteiger partial charge in [-0.25, -0.2) is 0 Å². The Morgan fingerprint density at radius 2 is 1.68 bits per heavy atom. The highest BCUT2D eigenvalue weighted by Crippen LogP contribution is 2.23. The summed E-state index contributed by atoms with van der Waals surface area (Å²) in [7, 11) is 0. The van der Waals surface area contributed by atoms with Crippen LogP contribution in [-0.4, -0.2) is 10.7 Å². The molecule has 0 heterocycles. The summed E-state index contributed by atoms with van der Waals surface area (Å²) >= 11 is 11.0. The molecule has 2 aromatic rings. The maximum absolute atomic E-state index is 11.4. The Morgan fingerprint density at radius 3 is 2.32 bits per heavy atom. The Balaban J connectivity index is 2.27. The highest BCUT2D eigenvalue weighted by atomic mass is 35.5. The van der Waals surface area contributed by atoms with Crippen LogP contribution in [0.4, 0.5) is 5.69 Å². The summed E-state index contributed by atoms with van der Waals surface area (Å²) in [5.74, 6) is -0.426. The molecule has 2 rings (SSSR count). The van der Waals surface area contributed by atoms with Gasteiger partial charge in [0.2, 0.25) is 0 Å². The molecule has 19 heavy (non-hydrogen) atoms. The van der Waals surface area contributed by atoms with Crippen LogP contribution in [0.5, 0.6) is 0 Å². The van der Waals surface area contributed by atoms with Crippen molar-refractivity contribution in [2.45, 2.75) is 11.8 Å². The third-order valence-corrected chi connectivity index (χ3v) is 3.08. The number of rotatable bonds is 3. The van der Waals surface area contributed by atoms with Crippen molar-refractivity contribution in [3.63, 3.8) is 0 Å². The molecule has 0 atom stereocenters. The Hall–Kier alpha value is -1.51. The molecule has 0 aromatic heterocycles. The fraction of sp³-hybridized carbons (Fsp3) is 0.133. The molecule has 0 fully saturated rings. The molecule has 0 spiro atoms. The van der Waals surface area contributed by atoms with Gasteiger partial charge in [-0.2, -0.15) is 0 Å². The number of hydrogen-bond donors (Lipinski definition) is 1. The summed E-state index contributed by atoms with van der Waals surface area (Å²) in [4.78, 5) is 10.4. The summed E-state index contributed by atoms with van der Waals surface area (Å²) in [6.07, 6.45) is 0. The fourth-order valence-electron chi connectivity index (χ4n) is 1.80. The van der Waals surface area contributed by atoms with Gasteiger partial charge in [0, 0.05) is 5.69 Å². The second kappa shape index (κ2) is 6.09. The molecule has 0 aliphatic carbocycles. The van der Waals surface area contributed by atoms with E-state index in [0.717, 1.165) is 11.1 Å². The molecule has 1 amide bonds. The van der Waals surface area contributed by atoms with Crippen molar-refractivity contribution in [1.29, 1.82) is 0 Å². The summed E-state index contributed by atoms with van der Waals surface area (Å²) in [6, 6.07) is 15.7. The Morgan fingerprint density at radius 1 is 1.05 bits per heavy atom. The largest absolute Gasteiger partial charge is 0.324 e. The minimum Gasteiger partial charge on any atom is -0.324 e. The van der Waals surface area contributed by atoms with Crippen LogP contribution in [0, 0.1) is 6.92 Å². The second-order valence-electron chi connectivity index (χ2n) is 4.24. The summed E-state index contributed by atoms with van der Waals surface area (Å²) in [5.41, 5.74) is 4.00. The number of benzene rings is 2. The smallest absolute Gasteiger partial charge is 0.257 e. The lowest BCUT2D eigenvalue weighted by molar-refractivity contribution is -0.114. The first kappa shape index (κ1) is 13.9. The van der Waals surface area contributed by atoms with Crippen molar-refractivity contribution >= 4 is 34.8 Å². The Bertz CT molecular complexity index is 596. The van der Waals surface area contributed by atoms with Crippen LogP contribution in [0.15, 0.2) is 48.5 Å². The van der Waals surface area contributed by atoms with Gasteiger partial charge in [-0.1, -0.05) is 65.2 Å². The van der Waals surface area contributed by atoms with Gasteiger partial charge in [-0.3, -0.25) is 4.79 Å². The van der Waals surface area contributed by atoms with Crippen molar-refractivity contribution in [3.05, 3.63) is 54.1 Å². The van der Waals surface area contributed by atoms with E-state index in [1.807, 2.05) is 43.3 Å². The lowest BCUT2D eigenvalue weighted by atomic mass is 10.0. The zero-order valence-corrected chi connectivity index (χ0v) is 11.9. The number of carbonyl (C=O) groups is 1. The molecule has 0 bridgehead atoms. The highest BCUT2D eigenvalue weighted by Gasteiger charge is 2.11. The van der Waals surface area contributed by atoms with Crippen LogP contribution >= 0.6 is 23.2 Å². The second-order valence-corrected chi connectivity index (χ2v) is 5.34. The average Bonchev–Trinajstić information content (AvgIpc) is 2.39. The average molecular weight is 294 g/mol. The van der Waals surface area contributed by atoms with E-state index in [4.69, 9.17) is 23.2 Å². The van der Waals surface area contributed by atoms with Gasteiger partial charge in [0.05, 0.1) is 0 Å². The van der Waals surface area contributed by atoms with Crippen LogP contribution < -0.4 is 5.32 Å². The number of amides is 1. The summed E-state index contributed by atoms with van der Waals surface area (Å²) < 4.78 is 0. The molecule has 0 radical (unpaired) electrons. The molecule has 0 saturated carbocycles. The lowest BCUT2D eigenvalue weighted by Crippen LogP contribution is -2.18. The van der Waals surface area contributed by atoms with Crippen molar-refractivity contribution in [2.24, 2.45) is 0 Å². The van der Waals surface area contributed by atoms with E-state index in [0.29, 0.717) is 5.69 Å². The number of nitrogens with one attached hydrogen (secondary N) is 1. The van der Waals surface area contributed by atoms with Crippen molar-refractivity contribution in [1.82, 2.24) is 0 Å². The lowest BCUT2D eigenvalue weighted by Gasteiger charge is -2.08. The van der Waals surface area contributed by atoms with Crippen LogP contribution in [0.1, 0.15) is 5.56 Å². The third-order valence-electron chi connectivity index (χ3n) is 2.68. The van der Waals surface area contributed by atoms with Gasteiger partial charge in [-0.05, 0) is 30.2 Å². The predicted molar refractivity (Wildman–Crippen MR) is 80.7 cm³/mol. The third kappa shape index (κ3) is 3.72. The van der Waals surface area contributed by atoms with E-state index in [1.165, 1.54) is 5.56 Å². The first-order valence-electron chi connectivity index (χ1n) is 5.82. The van der Waals surface area contributed by atoms with E-state index in [9.17, 15) is 4.79 Å². The van der Waals surface area contributed by atoms with Crippen LogP contribution in [0.3, 0.4) is 0 Å². The van der Waals surface area contributed by atoms with Crippen molar-refractivity contribution in [3.8, 4) is 11.1 Å². The monoisotopic (exact) mass is 293 g/mol. The maximum atomic E-state index is 11.4. The van der Waals surface area contributed by atoms with E-state index in [-0.39, 0.29) is 0 Å². The van der Waals surface area contributed by atoms with E-state index in [2.05, 4.69) is 11.4 Å². The van der Waals surface area contributed by atoms with Gasteiger partial charge in [0.25, 0.3) is 5.91 Å². The molecular formula is C15H13Cl2NO. The molecule has 1 N–H and O–H groups in total. The van der Waals surface area contributed by atoms with Crippen molar-refractivity contribution < 1.29 is 4.79 Å². The Kier molecular flexibility index (Phi) is 4.46. The molecule has 0 aliphatic heterocycles. The number of anilines is 1. The molecule has 2 aromatic carbocycles. The number of halogens is 2. The molecule has 0 unspecified atom stereocenters. The van der Waals surface area contributed by atoms with E-state index < -0.39 is 10.7 Å². The fourth-order valence-corrected chi connectivity index (χ4v) is 1.91. The van der Waals surface area contributed by atoms with Crippen LogP contribution in [-0.2, 0) is 4.79 Å². The molecule has 0 saturated heterocycles. The maximum Gasteiger partial charge on any atom is 0.257 e. The normalized spacial score (nSPS) is 10.5. The zero-order valence-electron chi connectivity index (χ0n) is 10.4. The standard InChI is InChI=1S/C15H13Cl2NO/c1-10-4-2-5-11(8-10)12-6-3-7-13(9-12)18-15(19)14(16)17/h2-9,14H,1H3,(H,18,19). The molecule has 98 valence electrons. The van der Waals surface area contributed by atoms with Gasteiger partial charge in [-0.15, -0.1) is 0 Å². The van der Waals surface area contributed by atoms with Gasteiger partial charge in [0.1, 0.15) is 0 Å². The van der Waals surface area contributed by atoms with Crippen LogP contribution in [0.25, 0.3) is 11.1 Å². The quantitative estimate of drug-likeness (QED) is 0.835. The number of alkyl halides is 2. The van der Waals surface area contributed by atoms with E-state index >= 15 is 0 Å². The molecule has 2 nitrogen and oxygen atoms in total. The summed E-state index contributed by atoms with van der Waals surface area (Å²) in [6.45, 7) is 2.04. The molecule has 0 aliphatic rings. The van der Waals surface area contributed by atoms with Gasteiger partial charge in [0.15, 0.2) is 4.84 Å². The van der Waals surface area contributed by atoms with Gasteiger partial charge < -0.3 is 5.32 Å². The van der Waals surface area contributed by atoms with Crippen molar-refractivity contribution in [2.75, 3.05) is 5.32 Å². The first-order valence-corrected chi connectivity index (χ1v) is 6.69. The van der Waals surface area contributed by atoms with E-state index in [1.54, 1.807) is 6.07 Å².